The van der Waals surface area contributed by atoms with Crippen LogP contribution in [0.1, 0.15) is 66.2 Å². The molecule has 0 heterocycles. The van der Waals surface area contributed by atoms with Crippen molar-refractivity contribution in [1.82, 2.24) is 0 Å². The molecule has 0 radical (unpaired) electrons. The minimum Gasteiger partial charge on any atom is -0.431 e. The van der Waals surface area contributed by atoms with Gasteiger partial charge in [0.2, 0.25) is 0 Å². The van der Waals surface area contributed by atoms with Crippen LogP contribution in [0.2, 0.25) is 0 Å². The molecule has 0 bridgehead atoms. The van der Waals surface area contributed by atoms with Crippen LogP contribution in [-0.2, 0) is 9.53 Å². The maximum absolute atomic E-state index is 11.5. The molecule has 0 saturated carbocycles. The van der Waals surface area contributed by atoms with Gasteiger partial charge in [0, 0.05) is 6.42 Å². The summed E-state index contributed by atoms with van der Waals surface area (Å²) in [5.41, 5.74) is 0. The van der Waals surface area contributed by atoms with Crippen molar-refractivity contribution in [3.05, 3.63) is 11.8 Å². The van der Waals surface area contributed by atoms with Crippen molar-refractivity contribution >= 4 is 5.97 Å². The molecule has 0 aliphatic heterocycles. The number of hydrogen-bond acceptors (Lipinski definition) is 2. The highest BCUT2D eigenvalue weighted by Gasteiger charge is 2.10. The van der Waals surface area contributed by atoms with E-state index in [0.717, 1.165) is 25.0 Å². The van der Waals surface area contributed by atoms with Gasteiger partial charge in [-0.2, -0.15) is 0 Å². The van der Waals surface area contributed by atoms with E-state index in [1.807, 2.05) is 19.9 Å². The van der Waals surface area contributed by atoms with Gasteiger partial charge in [-0.15, -0.1) is 0 Å². The topological polar surface area (TPSA) is 26.3 Å². The third-order valence-corrected chi connectivity index (χ3v) is 2.41. The number of carbonyl (C=O) groups excluding carboxylic acids is 1. The van der Waals surface area contributed by atoms with Crippen LogP contribution in [0.15, 0.2) is 11.8 Å². The molecule has 16 heavy (non-hydrogen) atoms. The SMILES string of the molecule is CCC=C(CCCCCC)OC(=O)C(C)C. The minimum atomic E-state index is -0.116. The van der Waals surface area contributed by atoms with Crippen LogP contribution in [0.3, 0.4) is 0 Å². The average molecular weight is 226 g/mol. The normalized spacial score (nSPS) is 11.9. The number of hydrogen-bond donors (Lipinski definition) is 0. The smallest absolute Gasteiger partial charge is 0.313 e. The maximum Gasteiger partial charge on any atom is 0.313 e. The first-order valence-corrected chi connectivity index (χ1v) is 6.52. The molecular weight excluding hydrogens is 200 g/mol. The van der Waals surface area contributed by atoms with E-state index < -0.39 is 0 Å². The van der Waals surface area contributed by atoms with Crippen LogP contribution >= 0.6 is 0 Å². The lowest BCUT2D eigenvalue weighted by molar-refractivity contribution is -0.143. The Morgan fingerprint density at radius 2 is 1.88 bits per heavy atom. The predicted octanol–water partition coefficient (Wildman–Crippen LogP) is 4.45. The summed E-state index contributed by atoms with van der Waals surface area (Å²) in [4.78, 5) is 11.5. The van der Waals surface area contributed by atoms with E-state index in [0.29, 0.717) is 0 Å². The molecule has 2 heteroatoms. The van der Waals surface area contributed by atoms with Crippen molar-refractivity contribution in [2.45, 2.75) is 66.2 Å². The van der Waals surface area contributed by atoms with Gasteiger partial charge in [-0.25, -0.2) is 0 Å². The van der Waals surface area contributed by atoms with E-state index in [-0.39, 0.29) is 11.9 Å². The van der Waals surface area contributed by atoms with Crippen molar-refractivity contribution < 1.29 is 9.53 Å². The first kappa shape index (κ1) is 15.2. The van der Waals surface area contributed by atoms with Crippen LogP contribution < -0.4 is 0 Å². The van der Waals surface area contributed by atoms with Gasteiger partial charge in [-0.05, 0) is 18.9 Å². The molecule has 0 aromatic carbocycles. The van der Waals surface area contributed by atoms with Crippen LogP contribution in [0.4, 0.5) is 0 Å². The second kappa shape index (κ2) is 9.44. The van der Waals surface area contributed by atoms with Gasteiger partial charge in [0.25, 0.3) is 0 Å². The van der Waals surface area contributed by atoms with E-state index in [9.17, 15) is 4.79 Å². The summed E-state index contributed by atoms with van der Waals surface area (Å²) in [6.07, 6.45) is 8.67. The van der Waals surface area contributed by atoms with E-state index in [2.05, 4.69) is 13.8 Å². The molecule has 94 valence electrons. The summed E-state index contributed by atoms with van der Waals surface area (Å²) in [5, 5.41) is 0. The Kier molecular flexibility index (Phi) is 8.97. The number of carbonyl (C=O) groups is 1. The summed E-state index contributed by atoms with van der Waals surface area (Å²) in [7, 11) is 0. The molecule has 0 amide bonds. The number of allylic oxidation sites excluding steroid dienone is 2. The fourth-order valence-electron chi connectivity index (χ4n) is 1.40. The Balaban J connectivity index is 3.99. The third kappa shape index (κ3) is 7.49. The Morgan fingerprint density at radius 1 is 1.19 bits per heavy atom. The fraction of sp³-hybridized carbons (Fsp3) is 0.786. The number of esters is 1. The van der Waals surface area contributed by atoms with Gasteiger partial charge in [0.05, 0.1) is 5.92 Å². The van der Waals surface area contributed by atoms with E-state index in [1.54, 1.807) is 0 Å². The largest absolute Gasteiger partial charge is 0.431 e. The molecule has 0 aliphatic carbocycles. The van der Waals surface area contributed by atoms with Gasteiger partial charge in [0.1, 0.15) is 5.76 Å². The summed E-state index contributed by atoms with van der Waals surface area (Å²) in [6, 6.07) is 0. The molecular formula is C14H26O2. The summed E-state index contributed by atoms with van der Waals surface area (Å²) in [6.45, 7) is 7.99. The van der Waals surface area contributed by atoms with Crippen molar-refractivity contribution in [3.8, 4) is 0 Å². The fourth-order valence-corrected chi connectivity index (χ4v) is 1.40. The van der Waals surface area contributed by atoms with E-state index in [4.69, 9.17) is 4.74 Å². The summed E-state index contributed by atoms with van der Waals surface area (Å²) in [5.74, 6) is 0.698. The zero-order chi connectivity index (χ0) is 12.4. The zero-order valence-corrected chi connectivity index (χ0v) is 11.2. The molecule has 2 nitrogen and oxygen atoms in total. The van der Waals surface area contributed by atoms with Crippen LogP contribution in [0.5, 0.6) is 0 Å². The van der Waals surface area contributed by atoms with Crippen molar-refractivity contribution in [3.63, 3.8) is 0 Å². The standard InChI is InChI=1S/C14H26O2/c1-5-7-8-9-11-13(10-6-2)16-14(15)12(3)4/h10,12H,5-9,11H2,1-4H3. The molecule has 0 spiro atoms. The molecule has 0 atom stereocenters. The van der Waals surface area contributed by atoms with Gasteiger partial charge >= 0.3 is 5.97 Å². The molecule has 0 saturated heterocycles. The second-order valence-electron chi connectivity index (χ2n) is 4.47. The predicted molar refractivity (Wildman–Crippen MR) is 68.1 cm³/mol. The Bertz CT molecular complexity index is 217. The highest BCUT2D eigenvalue weighted by atomic mass is 16.5. The lowest BCUT2D eigenvalue weighted by Gasteiger charge is -2.10. The second-order valence-corrected chi connectivity index (χ2v) is 4.47. The quantitative estimate of drug-likeness (QED) is 0.347. The molecule has 0 aromatic rings. The van der Waals surface area contributed by atoms with E-state index in [1.165, 1.54) is 19.3 Å². The summed E-state index contributed by atoms with van der Waals surface area (Å²) >= 11 is 0. The molecule has 0 unspecified atom stereocenters. The van der Waals surface area contributed by atoms with Crippen LogP contribution in [0, 0.1) is 5.92 Å². The molecule has 0 N–H and O–H groups in total. The zero-order valence-electron chi connectivity index (χ0n) is 11.2. The first-order valence-electron chi connectivity index (χ1n) is 6.52. The van der Waals surface area contributed by atoms with Crippen molar-refractivity contribution in [1.29, 1.82) is 0 Å². The average Bonchev–Trinajstić information content (AvgIpc) is 2.24. The highest BCUT2D eigenvalue weighted by molar-refractivity contribution is 5.72. The monoisotopic (exact) mass is 226 g/mol. The summed E-state index contributed by atoms with van der Waals surface area (Å²) < 4.78 is 5.35. The first-order chi connectivity index (χ1) is 7.61. The Labute approximate surface area is 100 Å². The molecule has 0 aliphatic rings. The maximum atomic E-state index is 11.5. The van der Waals surface area contributed by atoms with Gasteiger partial charge in [-0.1, -0.05) is 47.0 Å². The van der Waals surface area contributed by atoms with E-state index >= 15 is 0 Å². The molecule has 0 fully saturated rings. The number of rotatable bonds is 8. The Morgan fingerprint density at radius 3 is 2.38 bits per heavy atom. The highest BCUT2D eigenvalue weighted by Crippen LogP contribution is 2.14. The molecule has 0 aromatic heterocycles. The van der Waals surface area contributed by atoms with Crippen molar-refractivity contribution in [2.24, 2.45) is 5.92 Å². The van der Waals surface area contributed by atoms with Crippen LogP contribution in [-0.4, -0.2) is 5.97 Å². The Hall–Kier alpha value is -0.790. The van der Waals surface area contributed by atoms with Crippen LogP contribution in [0.25, 0.3) is 0 Å². The number of unbranched alkanes of at least 4 members (excludes halogenated alkanes) is 3. The third-order valence-electron chi connectivity index (χ3n) is 2.41. The number of ether oxygens (including phenoxy) is 1. The van der Waals surface area contributed by atoms with Crippen molar-refractivity contribution in [2.75, 3.05) is 0 Å². The van der Waals surface area contributed by atoms with Gasteiger partial charge in [0.15, 0.2) is 0 Å². The van der Waals surface area contributed by atoms with Gasteiger partial charge in [-0.3, -0.25) is 4.79 Å². The lowest BCUT2D eigenvalue weighted by Crippen LogP contribution is -2.11. The molecule has 0 rings (SSSR count). The lowest BCUT2D eigenvalue weighted by atomic mass is 10.1. The minimum absolute atomic E-state index is 0.0455. The van der Waals surface area contributed by atoms with Gasteiger partial charge < -0.3 is 4.74 Å².